The Morgan fingerprint density at radius 1 is 0.542 bits per heavy atom. The van der Waals surface area contributed by atoms with Crippen LogP contribution in [0.15, 0.2) is 24.3 Å². The molecule has 24 heavy (non-hydrogen) atoms. The number of benzene rings is 2. The van der Waals surface area contributed by atoms with Gasteiger partial charge in [-0.1, -0.05) is 0 Å². The second kappa shape index (κ2) is 4.92. The van der Waals surface area contributed by atoms with E-state index in [1.165, 1.54) is 12.1 Å². The normalized spacial score (nSPS) is 11.0. The van der Waals surface area contributed by atoms with Crippen molar-refractivity contribution in [2.45, 2.75) is 0 Å². The summed E-state index contributed by atoms with van der Waals surface area (Å²) in [5.41, 5.74) is -1.24. The summed E-state index contributed by atoms with van der Waals surface area (Å²) in [6.07, 6.45) is 0. The predicted molar refractivity (Wildman–Crippen MR) is 76.1 cm³/mol. The van der Waals surface area contributed by atoms with Gasteiger partial charge in [0.2, 0.25) is 0 Å². The highest BCUT2D eigenvalue weighted by Gasteiger charge is 2.22. The van der Waals surface area contributed by atoms with E-state index in [0.29, 0.717) is 0 Å². The first-order chi connectivity index (χ1) is 11.2. The number of rotatable bonds is 4. The van der Waals surface area contributed by atoms with Gasteiger partial charge in [-0.3, -0.25) is 0 Å². The zero-order chi connectivity index (χ0) is 17.8. The fourth-order valence-corrected chi connectivity index (χ4v) is 2.78. The predicted octanol–water partition coefficient (Wildman–Crippen LogP) is 1.37. The lowest BCUT2D eigenvalue weighted by Crippen LogP contribution is -2.12. The molecule has 0 spiro atoms. The average Bonchev–Trinajstić information content (AvgIpc) is 2.49. The van der Waals surface area contributed by atoms with Crippen molar-refractivity contribution in [1.82, 2.24) is 0 Å². The van der Waals surface area contributed by atoms with Gasteiger partial charge in [-0.15, -0.1) is 0 Å². The summed E-state index contributed by atoms with van der Waals surface area (Å²) in [4.78, 5) is 45.1. The first kappa shape index (κ1) is 15.2. The lowest BCUT2D eigenvalue weighted by atomic mass is 9.90. The molecule has 0 heterocycles. The van der Waals surface area contributed by atoms with Crippen LogP contribution in [0.5, 0.6) is 0 Å². The van der Waals surface area contributed by atoms with Crippen molar-refractivity contribution in [1.29, 1.82) is 0 Å². The fourth-order valence-electron chi connectivity index (χ4n) is 2.78. The van der Waals surface area contributed by atoms with Crippen molar-refractivity contribution in [2.75, 3.05) is 0 Å². The zero-order valence-electron chi connectivity index (χ0n) is 11.7. The number of carboxylic acid groups (broad SMARTS) is 4. The first-order valence-corrected chi connectivity index (χ1v) is 6.52. The molecule has 8 nitrogen and oxygen atoms in total. The average molecular weight is 328 g/mol. The Morgan fingerprint density at radius 2 is 0.875 bits per heavy atom. The molecule has 0 saturated carbocycles. The Bertz CT molecular complexity index is 1040. The second-order valence-electron chi connectivity index (χ2n) is 5.11. The second-order valence-corrected chi connectivity index (χ2v) is 5.11. The van der Waals surface area contributed by atoms with Crippen molar-refractivity contribution in [2.24, 2.45) is 0 Å². The zero-order valence-corrected chi connectivity index (χ0v) is 11.7. The maximum Gasteiger partial charge on any atom is 0.336 e. The largest absolute Gasteiger partial charge is 0.478 e. The summed E-state index contributed by atoms with van der Waals surface area (Å²) >= 11 is 0. The molecule has 0 aromatic heterocycles. The standard InChI is InChI=1S/C16H8O8/c17-13(18)5-1-7-11(9(3-5)15(21)22)8-2-6(14(19)20)4-10(12(7)8)16(23)24/h1-4H,(H,17,18)(H,19,20)(H,21,22)(H,23,24). The fraction of sp³-hybridized carbons (Fsp3) is 0. The van der Waals surface area contributed by atoms with Crippen LogP contribution < -0.4 is 0 Å². The quantitative estimate of drug-likeness (QED) is 0.561. The molecule has 2 aromatic rings. The van der Waals surface area contributed by atoms with Crippen LogP contribution in [-0.4, -0.2) is 44.3 Å². The maximum absolute atomic E-state index is 11.4. The van der Waals surface area contributed by atoms with Crippen LogP contribution >= 0.6 is 0 Å². The van der Waals surface area contributed by atoms with Crippen molar-refractivity contribution in [3.05, 3.63) is 67.4 Å². The Balaban J connectivity index is 2.59. The summed E-state index contributed by atoms with van der Waals surface area (Å²) < 4.78 is 0. The van der Waals surface area contributed by atoms with Gasteiger partial charge in [-0.05, 0) is 34.7 Å². The summed E-state index contributed by atoms with van der Waals surface area (Å²) in [6.45, 7) is 0. The third-order valence-electron chi connectivity index (χ3n) is 3.77. The number of carbonyl (C=O) groups is 4. The van der Waals surface area contributed by atoms with Gasteiger partial charge in [-0.2, -0.15) is 0 Å². The SMILES string of the molecule is O=C(O)c1cc(C(=O)O)c2c(c1)=c1c(C(=O)O)cc(C(=O)O)cc1=2. The van der Waals surface area contributed by atoms with E-state index in [9.17, 15) is 29.4 Å². The monoisotopic (exact) mass is 328 g/mol. The van der Waals surface area contributed by atoms with Crippen LogP contribution in [0.1, 0.15) is 41.4 Å². The third kappa shape index (κ3) is 2.01. The molecule has 1 aliphatic carbocycles. The molecular weight excluding hydrogens is 320 g/mol. The molecule has 120 valence electrons. The molecule has 0 fully saturated rings. The van der Waals surface area contributed by atoms with Crippen LogP contribution in [0.3, 0.4) is 0 Å². The van der Waals surface area contributed by atoms with E-state index in [0.717, 1.165) is 12.1 Å². The lowest BCUT2D eigenvalue weighted by molar-refractivity contribution is 0.0677. The summed E-state index contributed by atoms with van der Waals surface area (Å²) in [5, 5.41) is 37.3. The van der Waals surface area contributed by atoms with Crippen molar-refractivity contribution < 1.29 is 39.6 Å². The van der Waals surface area contributed by atoms with E-state index in [-0.39, 0.29) is 43.1 Å². The molecule has 0 unspecified atom stereocenters. The molecule has 0 atom stereocenters. The topological polar surface area (TPSA) is 149 Å². The molecule has 8 heteroatoms. The molecule has 2 aromatic carbocycles. The van der Waals surface area contributed by atoms with Gasteiger partial charge < -0.3 is 20.4 Å². The van der Waals surface area contributed by atoms with Crippen molar-refractivity contribution in [3.63, 3.8) is 0 Å². The van der Waals surface area contributed by atoms with Gasteiger partial charge in [0.1, 0.15) is 0 Å². The van der Waals surface area contributed by atoms with E-state index < -0.39 is 23.9 Å². The molecule has 4 N–H and O–H groups in total. The van der Waals surface area contributed by atoms with E-state index >= 15 is 0 Å². The number of aromatic carboxylic acids is 4. The molecule has 1 aliphatic rings. The Hall–Kier alpha value is -3.68. The van der Waals surface area contributed by atoms with E-state index in [2.05, 4.69) is 0 Å². The van der Waals surface area contributed by atoms with E-state index in [4.69, 9.17) is 10.2 Å². The van der Waals surface area contributed by atoms with Gasteiger partial charge in [-0.25, -0.2) is 19.2 Å². The van der Waals surface area contributed by atoms with Crippen LogP contribution in [0.4, 0.5) is 0 Å². The Morgan fingerprint density at radius 3 is 1.12 bits per heavy atom. The minimum atomic E-state index is -1.39. The highest BCUT2D eigenvalue weighted by Crippen LogP contribution is 2.23. The van der Waals surface area contributed by atoms with Crippen LogP contribution in [0.25, 0.3) is 0 Å². The minimum Gasteiger partial charge on any atom is -0.478 e. The summed E-state index contributed by atoms with van der Waals surface area (Å²) in [5.74, 6) is -5.49. The molecule has 0 saturated heterocycles. The smallest absolute Gasteiger partial charge is 0.336 e. The minimum absolute atomic E-state index is 0.133. The maximum atomic E-state index is 11.4. The Labute approximate surface area is 131 Å². The van der Waals surface area contributed by atoms with E-state index in [1.54, 1.807) is 0 Å². The Kier molecular flexibility index (Phi) is 3.12. The van der Waals surface area contributed by atoms with Gasteiger partial charge in [0, 0.05) is 10.4 Å². The van der Waals surface area contributed by atoms with Crippen LogP contribution in [-0.2, 0) is 0 Å². The van der Waals surface area contributed by atoms with E-state index in [1.807, 2.05) is 0 Å². The van der Waals surface area contributed by atoms with Crippen molar-refractivity contribution >= 4 is 23.9 Å². The summed E-state index contributed by atoms with van der Waals surface area (Å²) in [6, 6.07) is 4.28. The number of fused-ring (bicyclic) bond motifs is 2. The first-order valence-electron chi connectivity index (χ1n) is 6.52. The molecular formula is C16H8O8. The number of hydrogen-bond donors (Lipinski definition) is 4. The number of carboxylic acids is 4. The molecule has 3 rings (SSSR count). The van der Waals surface area contributed by atoms with Crippen LogP contribution in [0, 0.1) is 20.9 Å². The molecule has 0 bridgehead atoms. The van der Waals surface area contributed by atoms with Crippen LogP contribution in [0.2, 0.25) is 0 Å². The molecule has 0 amide bonds. The summed E-state index contributed by atoms with van der Waals surface area (Å²) in [7, 11) is 0. The highest BCUT2D eigenvalue weighted by atomic mass is 16.4. The van der Waals surface area contributed by atoms with Gasteiger partial charge >= 0.3 is 23.9 Å². The highest BCUT2D eigenvalue weighted by molar-refractivity contribution is 5.96. The van der Waals surface area contributed by atoms with Gasteiger partial charge in [0.25, 0.3) is 0 Å². The lowest BCUT2D eigenvalue weighted by Gasteiger charge is -2.12. The molecule has 0 radical (unpaired) electrons. The molecule has 0 aliphatic heterocycles. The van der Waals surface area contributed by atoms with Gasteiger partial charge in [0.05, 0.1) is 22.3 Å². The van der Waals surface area contributed by atoms with Crippen molar-refractivity contribution in [3.8, 4) is 0 Å². The number of hydrogen-bond acceptors (Lipinski definition) is 4. The third-order valence-corrected chi connectivity index (χ3v) is 3.77. The van der Waals surface area contributed by atoms with Gasteiger partial charge in [0.15, 0.2) is 0 Å².